The normalized spacial score (nSPS) is 20.0. The van der Waals surface area contributed by atoms with Gasteiger partial charge in [-0.1, -0.05) is 48.0 Å². The minimum Gasteiger partial charge on any atom is -0.494 e. The molecule has 0 aliphatic heterocycles. The van der Waals surface area contributed by atoms with Gasteiger partial charge in [-0.2, -0.15) is 5.26 Å². The summed E-state index contributed by atoms with van der Waals surface area (Å²) in [6, 6.07) is 23.4. The monoisotopic (exact) mass is 473 g/mol. The third-order valence-electron chi connectivity index (χ3n) is 7.04. The summed E-state index contributed by atoms with van der Waals surface area (Å²) in [5.74, 6) is 1.32. The standard InChI is InChI=1S/C30H32ClNO2/c1-3-34-29-10-4-21(5-11-29)13-25-16-27(26-14-22(18-32)12-23(15-26)19-33)17-30(20(25)2)24-6-8-28(31)9-7-24/h4-11,16-17,22-23,26,33H,3,12-15,19H2,1-2H3. The first-order valence-corrected chi connectivity index (χ1v) is 12.5. The molecule has 0 bridgehead atoms. The lowest BCUT2D eigenvalue weighted by atomic mass is 9.72. The fourth-order valence-electron chi connectivity index (χ4n) is 5.20. The fraction of sp³-hybridized carbons (Fsp3) is 0.367. The Kier molecular flexibility index (Phi) is 7.93. The Bertz CT molecular complexity index is 1150. The molecule has 1 saturated carbocycles. The molecule has 1 fully saturated rings. The van der Waals surface area contributed by atoms with Gasteiger partial charge in [0.05, 0.1) is 12.7 Å². The highest BCUT2D eigenvalue weighted by Gasteiger charge is 2.30. The average molecular weight is 474 g/mol. The lowest BCUT2D eigenvalue weighted by molar-refractivity contribution is 0.163. The molecule has 3 nitrogen and oxygen atoms in total. The zero-order valence-electron chi connectivity index (χ0n) is 19.9. The topological polar surface area (TPSA) is 53.2 Å². The van der Waals surface area contributed by atoms with Crippen molar-refractivity contribution in [2.45, 2.75) is 45.4 Å². The largest absolute Gasteiger partial charge is 0.494 e. The average Bonchev–Trinajstić information content (AvgIpc) is 2.86. The summed E-state index contributed by atoms with van der Waals surface area (Å²) < 4.78 is 5.60. The molecule has 0 spiro atoms. The number of nitrogens with zero attached hydrogens (tertiary/aromatic N) is 1. The van der Waals surface area contributed by atoms with E-state index in [2.05, 4.69) is 49.4 Å². The van der Waals surface area contributed by atoms with Gasteiger partial charge in [0, 0.05) is 17.5 Å². The molecule has 3 unspecified atom stereocenters. The van der Waals surface area contributed by atoms with Crippen molar-refractivity contribution in [3.05, 3.63) is 87.9 Å². The SMILES string of the molecule is CCOc1ccc(Cc2cc(C3CC(C#N)CC(CO)C3)cc(-c3ccc(Cl)cc3)c2C)cc1. The molecule has 0 saturated heterocycles. The van der Waals surface area contributed by atoms with Gasteiger partial charge in [0.1, 0.15) is 5.75 Å². The lowest BCUT2D eigenvalue weighted by Gasteiger charge is -2.32. The Morgan fingerprint density at radius 3 is 2.41 bits per heavy atom. The third-order valence-corrected chi connectivity index (χ3v) is 7.29. The van der Waals surface area contributed by atoms with E-state index in [-0.39, 0.29) is 24.4 Å². The number of benzene rings is 3. The van der Waals surface area contributed by atoms with Gasteiger partial charge >= 0.3 is 0 Å². The van der Waals surface area contributed by atoms with Crippen LogP contribution < -0.4 is 4.74 Å². The highest BCUT2D eigenvalue weighted by atomic mass is 35.5. The van der Waals surface area contributed by atoms with Gasteiger partial charge in [-0.05, 0) is 109 Å². The van der Waals surface area contributed by atoms with Crippen LogP contribution in [0.4, 0.5) is 0 Å². The van der Waals surface area contributed by atoms with Crippen molar-refractivity contribution in [2.75, 3.05) is 13.2 Å². The van der Waals surface area contributed by atoms with Gasteiger partial charge in [-0.3, -0.25) is 0 Å². The Morgan fingerprint density at radius 1 is 1.03 bits per heavy atom. The Morgan fingerprint density at radius 2 is 1.76 bits per heavy atom. The summed E-state index contributed by atoms with van der Waals surface area (Å²) in [5, 5.41) is 20.2. The maximum atomic E-state index is 9.85. The summed E-state index contributed by atoms with van der Waals surface area (Å²) in [4.78, 5) is 0. The first-order chi connectivity index (χ1) is 16.5. The summed E-state index contributed by atoms with van der Waals surface area (Å²) in [5.41, 5.74) is 7.38. The Labute approximate surface area is 208 Å². The number of rotatable bonds is 7. The zero-order valence-corrected chi connectivity index (χ0v) is 20.7. The van der Waals surface area contributed by atoms with Crippen molar-refractivity contribution in [1.29, 1.82) is 5.26 Å². The quantitative estimate of drug-likeness (QED) is 0.391. The van der Waals surface area contributed by atoms with E-state index in [1.54, 1.807) is 0 Å². The number of aliphatic hydroxyl groups is 1. The first kappa shape index (κ1) is 24.3. The van der Waals surface area contributed by atoms with Crippen molar-refractivity contribution in [1.82, 2.24) is 0 Å². The van der Waals surface area contributed by atoms with Gasteiger partial charge in [0.25, 0.3) is 0 Å². The first-order valence-electron chi connectivity index (χ1n) is 12.1. The summed E-state index contributed by atoms with van der Waals surface area (Å²) in [6.07, 6.45) is 3.38. The van der Waals surface area contributed by atoms with Gasteiger partial charge in [-0.15, -0.1) is 0 Å². The van der Waals surface area contributed by atoms with Crippen LogP contribution in [0.5, 0.6) is 5.75 Å². The number of hydrogen-bond donors (Lipinski definition) is 1. The molecule has 4 heteroatoms. The maximum absolute atomic E-state index is 9.85. The van der Waals surface area contributed by atoms with Crippen molar-refractivity contribution in [3.8, 4) is 22.9 Å². The van der Waals surface area contributed by atoms with Crippen LogP contribution in [0.1, 0.15) is 54.4 Å². The molecule has 0 amide bonds. The van der Waals surface area contributed by atoms with E-state index in [1.165, 1.54) is 27.8 Å². The van der Waals surface area contributed by atoms with Crippen molar-refractivity contribution in [2.24, 2.45) is 11.8 Å². The van der Waals surface area contributed by atoms with E-state index in [0.717, 1.165) is 42.0 Å². The molecule has 176 valence electrons. The number of hydrogen-bond acceptors (Lipinski definition) is 3. The molecular formula is C30H32ClNO2. The minimum atomic E-state index is -0.00857. The van der Waals surface area contributed by atoms with Crippen LogP contribution in [0.25, 0.3) is 11.1 Å². The summed E-state index contributed by atoms with van der Waals surface area (Å²) >= 11 is 6.17. The van der Waals surface area contributed by atoms with Crippen molar-refractivity contribution < 1.29 is 9.84 Å². The number of aliphatic hydroxyl groups excluding tert-OH is 1. The number of ether oxygens (including phenoxy) is 1. The number of nitriles is 1. The molecule has 1 aliphatic carbocycles. The predicted octanol–water partition coefficient (Wildman–Crippen LogP) is 7.32. The van der Waals surface area contributed by atoms with Crippen LogP contribution in [0.2, 0.25) is 5.02 Å². The molecule has 0 heterocycles. The van der Waals surface area contributed by atoms with Crippen molar-refractivity contribution >= 4 is 11.6 Å². The van der Waals surface area contributed by atoms with E-state index in [4.69, 9.17) is 16.3 Å². The molecule has 34 heavy (non-hydrogen) atoms. The smallest absolute Gasteiger partial charge is 0.119 e. The van der Waals surface area contributed by atoms with Gasteiger partial charge in [-0.25, -0.2) is 0 Å². The minimum absolute atomic E-state index is 0.00857. The van der Waals surface area contributed by atoms with Gasteiger partial charge in [0.15, 0.2) is 0 Å². The molecule has 1 aliphatic rings. The molecule has 3 aromatic rings. The Balaban J connectivity index is 1.74. The van der Waals surface area contributed by atoms with E-state index >= 15 is 0 Å². The van der Waals surface area contributed by atoms with E-state index < -0.39 is 0 Å². The Hall–Kier alpha value is -2.80. The van der Waals surface area contributed by atoms with E-state index in [0.29, 0.717) is 6.61 Å². The molecule has 4 rings (SSSR count). The lowest BCUT2D eigenvalue weighted by Crippen LogP contribution is -2.23. The van der Waals surface area contributed by atoms with Crippen LogP contribution in [-0.2, 0) is 6.42 Å². The zero-order chi connectivity index (χ0) is 24.1. The molecule has 0 radical (unpaired) electrons. The second kappa shape index (κ2) is 11.1. The van der Waals surface area contributed by atoms with E-state index in [9.17, 15) is 10.4 Å². The second-order valence-electron chi connectivity index (χ2n) is 9.39. The predicted molar refractivity (Wildman–Crippen MR) is 138 cm³/mol. The number of halogens is 1. The molecular weight excluding hydrogens is 442 g/mol. The summed E-state index contributed by atoms with van der Waals surface area (Å²) in [7, 11) is 0. The van der Waals surface area contributed by atoms with Crippen LogP contribution >= 0.6 is 11.6 Å². The van der Waals surface area contributed by atoms with Gasteiger partial charge < -0.3 is 9.84 Å². The molecule has 0 aromatic heterocycles. The van der Waals surface area contributed by atoms with Crippen molar-refractivity contribution in [3.63, 3.8) is 0 Å². The van der Waals surface area contributed by atoms with Crippen LogP contribution in [0.3, 0.4) is 0 Å². The van der Waals surface area contributed by atoms with Crippen LogP contribution in [-0.4, -0.2) is 18.3 Å². The van der Waals surface area contributed by atoms with Crippen LogP contribution in [0.15, 0.2) is 60.7 Å². The van der Waals surface area contributed by atoms with Gasteiger partial charge in [0.2, 0.25) is 0 Å². The molecule has 1 N–H and O–H groups in total. The molecule has 3 aromatic carbocycles. The second-order valence-corrected chi connectivity index (χ2v) is 9.83. The summed E-state index contributed by atoms with van der Waals surface area (Å²) in [6.45, 7) is 4.98. The van der Waals surface area contributed by atoms with Crippen LogP contribution in [0, 0.1) is 30.1 Å². The maximum Gasteiger partial charge on any atom is 0.119 e. The third kappa shape index (κ3) is 5.63. The fourth-order valence-corrected chi connectivity index (χ4v) is 5.33. The highest BCUT2D eigenvalue weighted by Crippen LogP contribution is 2.41. The van der Waals surface area contributed by atoms with E-state index in [1.807, 2.05) is 31.2 Å². The highest BCUT2D eigenvalue weighted by molar-refractivity contribution is 6.30. The molecule has 3 atom stereocenters.